The molecule has 0 saturated carbocycles. The molecule has 0 aromatic heterocycles. The van der Waals surface area contributed by atoms with Gasteiger partial charge in [-0.05, 0) is 85.9 Å². The van der Waals surface area contributed by atoms with Gasteiger partial charge in [0.2, 0.25) is 0 Å². The molecule has 0 aliphatic heterocycles. The Balaban J connectivity index is 3.57. The van der Waals surface area contributed by atoms with Crippen LogP contribution in [0, 0.1) is 10.8 Å². The van der Waals surface area contributed by atoms with Crippen molar-refractivity contribution in [2.24, 2.45) is 10.8 Å². The van der Waals surface area contributed by atoms with E-state index in [1.165, 1.54) is 18.2 Å². The van der Waals surface area contributed by atoms with Gasteiger partial charge in [-0.2, -0.15) is 0 Å². The molecular formula is C28H43NO9. The van der Waals surface area contributed by atoms with Crippen LogP contribution in [0.25, 0.3) is 0 Å². The maximum Gasteiger partial charge on any atom is 0.510 e. The number of carbonyl (C=O) groups excluding carboxylic acids is 3. The summed E-state index contributed by atoms with van der Waals surface area (Å²) in [4.78, 5) is 50.4. The van der Waals surface area contributed by atoms with Gasteiger partial charge >= 0.3 is 24.1 Å². The van der Waals surface area contributed by atoms with E-state index >= 15 is 0 Å². The van der Waals surface area contributed by atoms with Crippen LogP contribution in [0.2, 0.25) is 0 Å². The second kappa shape index (κ2) is 13.1. The Kier molecular flexibility index (Phi) is 11.3. The maximum absolute atomic E-state index is 12.9. The molecule has 1 rings (SSSR count). The van der Waals surface area contributed by atoms with E-state index in [1.807, 2.05) is 13.8 Å². The zero-order valence-corrected chi connectivity index (χ0v) is 24.2. The fourth-order valence-corrected chi connectivity index (χ4v) is 3.00. The molecule has 0 unspecified atom stereocenters. The molecule has 0 amide bonds. The lowest BCUT2D eigenvalue weighted by molar-refractivity contribution is -0.167. The summed E-state index contributed by atoms with van der Waals surface area (Å²) in [5.41, 5.74) is -3.46. The molecule has 1 aromatic carbocycles. The lowest BCUT2D eigenvalue weighted by Crippen LogP contribution is -2.59. The normalized spacial score (nSPS) is 13.6. The zero-order valence-electron chi connectivity index (χ0n) is 24.2. The highest BCUT2D eigenvalue weighted by atomic mass is 16.7. The molecule has 0 saturated heterocycles. The summed E-state index contributed by atoms with van der Waals surface area (Å²) in [5, 5.41) is 12.9. The molecule has 214 valence electrons. The third kappa shape index (κ3) is 9.01. The van der Waals surface area contributed by atoms with Crippen molar-refractivity contribution in [2.75, 3.05) is 0 Å². The number of hydrogen-bond donors (Lipinski definition) is 2. The van der Waals surface area contributed by atoms with Gasteiger partial charge in [0.15, 0.2) is 11.5 Å². The van der Waals surface area contributed by atoms with Crippen molar-refractivity contribution in [1.82, 2.24) is 5.32 Å². The van der Waals surface area contributed by atoms with E-state index in [4.69, 9.17) is 18.9 Å². The van der Waals surface area contributed by atoms with Crippen LogP contribution in [0.4, 0.5) is 4.79 Å². The molecule has 0 fully saturated rings. The fourth-order valence-electron chi connectivity index (χ4n) is 3.00. The molecule has 1 atom stereocenters. The Morgan fingerprint density at radius 3 is 1.79 bits per heavy atom. The summed E-state index contributed by atoms with van der Waals surface area (Å²) in [5.74, 6) is -2.55. The molecule has 2 N–H and O–H groups in total. The van der Waals surface area contributed by atoms with Crippen LogP contribution in [0.5, 0.6) is 11.5 Å². The van der Waals surface area contributed by atoms with E-state index in [9.17, 15) is 24.3 Å². The van der Waals surface area contributed by atoms with Gasteiger partial charge in [0.05, 0.1) is 16.9 Å². The Labute approximate surface area is 225 Å². The van der Waals surface area contributed by atoms with Crippen molar-refractivity contribution in [2.45, 2.75) is 106 Å². The number of ether oxygens (including phenoxy) is 4. The summed E-state index contributed by atoms with van der Waals surface area (Å²) >= 11 is 0. The van der Waals surface area contributed by atoms with Crippen LogP contribution < -0.4 is 14.8 Å². The van der Waals surface area contributed by atoms with Crippen molar-refractivity contribution in [1.29, 1.82) is 0 Å². The molecule has 10 nitrogen and oxygen atoms in total. The SMILES string of the molecule is CCC(C)(C)C(=O)Oc1ccc(C[C@](NC(C)C)(OC(=O)OC(C)C)C(=O)O)cc1OC(=O)C(C)(C)CC. The van der Waals surface area contributed by atoms with Gasteiger partial charge in [-0.1, -0.05) is 19.9 Å². The molecule has 38 heavy (non-hydrogen) atoms. The monoisotopic (exact) mass is 537 g/mol. The van der Waals surface area contributed by atoms with Crippen molar-refractivity contribution in [3.8, 4) is 11.5 Å². The summed E-state index contributed by atoms with van der Waals surface area (Å²) in [6.07, 6.45) is -1.00. The Morgan fingerprint density at radius 1 is 0.868 bits per heavy atom. The first kappa shape index (κ1) is 32.9. The zero-order chi connectivity index (χ0) is 29.5. The van der Waals surface area contributed by atoms with E-state index in [2.05, 4.69) is 5.32 Å². The minimum absolute atomic E-state index is 0.0124. The number of carboxylic acid groups (broad SMARTS) is 1. The number of hydrogen-bond acceptors (Lipinski definition) is 9. The van der Waals surface area contributed by atoms with Gasteiger partial charge in [-0.15, -0.1) is 0 Å². The largest absolute Gasteiger partial charge is 0.510 e. The van der Waals surface area contributed by atoms with Crippen molar-refractivity contribution in [3.05, 3.63) is 23.8 Å². The molecule has 0 aliphatic rings. The van der Waals surface area contributed by atoms with Gasteiger partial charge in [-0.3, -0.25) is 14.9 Å². The molecule has 0 heterocycles. The van der Waals surface area contributed by atoms with E-state index in [1.54, 1.807) is 55.4 Å². The predicted molar refractivity (Wildman–Crippen MR) is 141 cm³/mol. The van der Waals surface area contributed by atoms with Crippen molar-refractivity contribution < 1.29 is 43.2 Å². The minimum Gasteiger partial charge on any atom is -0.477 e. The minimum atomic E-state index is -2.19. The van der Waals surface area contributed by atoms with Crippen LogP contribution in [0.15, 0.2) is 18.2 Å². The van der Waals surface area contributed by atoms with E-state index in [-0.39, 0.29) is 17.9 Å². The van der Waals surface area contributed by atoms with E-state index in [0.717, 1.165) is 0 Å². The number of benzene rings is 1. The molecule has 1 aromatic rings. The lowest BCUT2D eigenvalue weighted by atomic mass is 9.90. The highest BCUT2D eigenvalue weighted by Crippen LogP contribution is 2.35. The number of aliphatic carboxylic acids is 1. The average Bonchev–Trinajstić information content (AvgIpc) is 2.79. The number of nitrogens with one attached hydrogen (secondary N) is 1. The molecule has 0 bridgehead atoms. The van der Waals surface area contributed by atoms with Crippen molar-refractivity contribution in [3.63, 3.8) is 0 Å². The Morgan fingerprint density at radius 2 is 1.37 bits per heavy atom. The standard InChI is InChI=1S/C28H43NO9/c1-11-26(7,8)23(32)36-20-14-13-19(15-21(20)37-24(33)27(9,10)12-2)16-28(22(30)31,29-17(3)4)38-25(34)35-18(5)6/h13-15,17-18,29H,11-12,16H2,1-10H3,(H,30,31)/t28-/m0/s1. The summed E-state index contributed by atoms with van der Waals surface area (Å²) in [6.45, 7) is 17.2. The van der Waals surface area contributed by atoms with Gasteiger partial charge in [0, 0.05) is 12.5 Å². The summed E-state index contributed by atoms with van der Waals surface area (Å²) in [7, 11) is 0. The van der Waals surface area contributed by atoms with Crippen LogP contribution in [0.3, 0.4) is 0 Å². The van der Waals surface area contributed by atoms with Gasteiger partial charge < -0.3 is 24.1 Å². The predicted octanol–water partition coefficient (Wildman–Crippen LogP) is 5.25. The van der Waals surface area contributed by atoms with Crippen LogP contribution >= 0.6 is 0 Å². The number of rotatable bonds is 13. The molecule has 0 aliphatic carbocycles. The topological polar surface area (TPSA) is 137 Å². The average molecular weight is 538 g/mol. The van der Waals surface area contributed by atoms with E-state index in [0.29, 0.717) is 18.4 Å². The number of carbonyl (C=O) groups is 4. The number of esters is 2. The van der Waals surface area contributed by atoms with Gasteiger partial charge in [0.25, 0.3) is 5.72 Å². The lowest BCUT2D eigenvalue weighted by Gasteiger charge is -2.32. The fraction of sp³-hybridized carbons (Fsp3) is 0.643. The van der Waals surface area contributed by atoms with Gasteiger partial charge in [0.1, 0.15) is 0 Å². The molecular weight excluding hydrogens is 494 g/mol. The number of carboxylic acids is 1. The smallest absolute Gasteiger partial charge is 0.477 e. The second-order valence-corrected chi connectivity index (χ2v) is 11.2. The van der Waals surface area contributed by atoms with Gasteiger partial charge in [-0.25, -0.2) is 9.59 Å². The molecule has 10 heteroatoms. The summed E-state index contributed by atoms with van der Waals surface area (Å²) in [6, 6.07) is 3.95. The third-order valence-electron chi connectivity index (χ3n) is 6.20. The Hall–Kier alpha value is -3.14. The Bertz CT molecular complexity index is 1010. The first-order valence-electron chi connectivity index (χ1n) is 12.9. The quantitative estimate of drug-likeness (QED) is 0.195. The first-order chi connectivity index (χ1) is 17.4. The first-order valence-corrected chi connectivity index (χ1v) is 12.9. The van der Waals surface area contributed by atoms with Crippen molar-refractivity contribution >= 4 is 24.1 Å². The summed E-state index contributed by atoms with van der Waals surface area (Å²) < 4.78 is 21.6. The highest BCUT2D eigenvalue weighted by Gasteiger charge is 2.44. The highest BCUT2D eigenvalue weighted by molar-refractivity contribution is 5.82. The molecule has 0 radical (unpaired) electrons. The van der Waals surface area contributed by atoms with Crippen LogP contribution in [-0.4, -0.2) is 47.0 Å². The van der Waals surface area contributed by atoms with Crippen LogP contribution in [0.1, 0.15) is 87.6 Å². The third-order valence-corrected chi connectivity index (χ3v) is 6.20. The molecule has 0 spiro atoms. The van der Waals surface area contributed by atoms with Crippen LogP contribution in [-0.2, 0) is 30.3 Å². The van der Waals surface area contributed by atoms with E-state index < -0.39 is 52.8 Å². The second-order valence-electron chi connectivity index (χ2n) is 11.2. The maximum atomic E-state index is 12.9.